The summed E-state index contributed by atoms with van der Waals surface area (Å²) in [6, 6.07) is 4.04. The highest BCUT2D eigenvalue weighted by molar-refractivity contribution is 7.07. The maximum absolute atomic E-state index is 11.1. The molecule has 1 aliphatic rings. The summed E-state index contributed by atoms with van der Waals surface area (Å²) in [6.07, 6.45) is 8.27. The SMILES string of the molecule is CCC(=O)CC1CCCCC1.c1ccsc1. The first-order valence-corrected chi connectivity index (χ1v) is 7.26. The second-order valence-electron chi connectivity index (χ2n) is 4.39. The van der Waals surface area contributed by atoms with Crippen LogP contribution in [-0.4, -0.2) is 5.78 Å². The highest BCUT2D eigenvalue weighted by Gasteiger charge is 2.15. The third kappa shape index (κ3) is 6.06. The number of rotatable bonds is 3. The molecule has 0 radical (unpaired) electrons. The van der Waals surface area contributed by atoms with Gasteiger partial charge >= 0.3 is 0 Å². The molecular formula is C14H22OS. The van der Waals surface area contributed by atoms with E-state index in [1.807, 2.05) is 29.8 Å². The second-order valence-corrected chi connectivity index (χ2v) is 5.21. The maximum atomic E-state index is 11.1. The molecule has 16 heavy (non-hydrogen) atoms. The Morgan fingerprint density at radius 1 is 1.19 bits per heavy atom. The van der Waals surface area contributed by atoms with E-state index < -0.39 is 0 Å². The average Bonchev–Trinajstić information content (AvgIpc) is 2.89. The fourth-order valence-electron chi connectivity index (χ4n) is 2.08. The number of thiophene rings is 1. The molecule has 0 N–H and O–H groups in total. The normalized spacial score (nSPS) is 16.3. The molecule has 1 aromatic heterocycles. The van der Waals surface area contributed by atoms with Crippen molar-refractivity contribution in [1.82, 2.24) is 0 Å². The van der Waals surface area contributed by atoms with Gasteiger partial charge in [0.25, 0.3) is 0 Å². The van der Waals surface area contributed by atoms with Gasteiger partial charge in [0.2, 0.25) is 0 Å². The van der Waals surface area contributed by atoms with Crippen molar-refractivity contribution in [2.45, 2.75) is 51.9 Å². The highest BCUT2D eigenvalue weighted by Crippen LogP contribution is 2.26. The van der Waals surface area contributed by atoms with E-state index in [9.17, 15) is 4.79 Å². The van der Waals surface area contributed by atoms with Gasteiger partial charge in [0.15, 0.2) is 0 Å². The molecule has 1 saturated carbocycles. The van der Waals surface area contributed by atoms with Crippen LogP contribution >= 0.6 is 11.3 Å². The third-order valence-corrected chi connectivity index (χ3v) is 3.69. The molecular weight excluding hydrogens is 216 g/mol. The van der Waals surface area contributed by atoms with Crippen LogP contribution in [0.2, 0.25) is 0 Å². The quantitative estimate of drug-likeness (QED) is 0.747. The molecule has 0 amide bonds. The smallest absolute Gasteiger partial charge is 0.132 e. The Morgan fingerprint density at radius 3 is 2.25 bits per heavy atom. The van der Waals surface area contributed by atoms with Crippen molar-refractivity contribution in [3.05, 3.63) is 22.9 Å². The lowest BCUT2D eigenvalue weighted by molar-refractivity contribution is -0.119. The van der Waals surface area contributed by atoms with Crippen LogP contribution < -0.4 is 0 Å². The van der Waals surface area contributed by atoms with Gasteiger partial charge in [-0.05, 0) is 16.7 Å². The minimum atomic E-state index is 0.455. The fraction of sp³-hybridized carbons (Fsp3) is 0.643. The average molecular weight is 238 g/mol. The summed E-state index contributed by atoms with van der Waals surface area (Å²) in [4.78, 5) is 11.1. The predicted molar refractivity (Wildman–Crippen MR) is 70.8 cm³/mol. The first-order chi connectivity index (χ1) is 7.83. The zero-order valence-corrected chi connectivity index (χ0v) is 11.0. The van der Waals surface area contributed by atoms with Crippen LogP contribution in [0.3, 0.4) is 0 Å². The minimum Gasteiger partial charge on any atom is -0.300 e. The Bertz CT molecular complexity index is 243. The number of carbonyl (C=O) groups excluding carboxylic acids is 1. The molecule has 0 bridgehead atoms. The Hall–Kier alpha value is -0.630. The van der Waals surface area contributed by atoms with Crippen LogP contribution in [0, 0.1) is 5.92 Å². The Morgan fingerprint density at radius 2 is 1.81 bits per heavy atom. The van der Waals surface area contributed by atoms with Gasteiger partial charge in [-0.3, -0.25) is 4.79 Å². The van der Waals surface area contributed by atoms with Gasteiger partial charge in [-0.25, -0.2) is 0 Å². The molecule has 1 fully saturated rings. The van der Waals surface area contributed by atoms with E-state index in [2.05, 4.69) is 0 Å². The zero-order chi connectivity index (χ0) is 11.6. The van der Waals surface area contributed by atoms with Crippen LogP contribution in [0.1, 0.15) is 51.9 Å². The number of hydrogen-bond donors (Lipinski definition) is 0. The van der Waals surface area contributed by atoms with E-state index in [0.717, 1.165) is 18.8 Å². The van der Waals surface area contributed by atoms with Crippen LogP contribution in [-0.2, 0) is 4.79 Å². The summed E-state index contributed by atoms with van der Waals surface area (Å²) in [7, 11) is 0. The Balaban J connectivity index is 0.000000212. The largest absolute Gasteiger partial charge is 0.300 e. The van der Waals surface area contributed by atoms with Crippen LogP contribution in [0.5, 0.6) is 0 Å². The van der Waals surface area contributed by atoms with Gasteiger partial charge in [0.05, 0.1) is 0 Å². The topological polar surface area (TPSA) is 17.1 Å². The van der Waals surface area contributed by atoms with Crippen molar-refractivity contribution in [2.24, 2.45) is 5.92 Å². The molecule has 0 aliphatic heterocycles. The molecule has 0 atom stereocenters. The van der Waals surface area contributed by atoms with Gasteiger partial charge in [-0.15, -0.1) is 0 Å². The van der Waals surface area contributed by atoms with E-state index in [-0.39, 0.29) is 0 Å². The third-order valence-electron chi connectivity index (χ3n) is 3.06. The van der Waals surface area contributed by atoms with Crippen molar-refractivity contribution in [2.75, 3.05) is 0 Å². The van der Waals surface area contributed by atoms with Crippen LogP contribution in [0.15, 0.2) is 22.9 Å². The van der Waals surface area contributed by atoms with Crippen molar-refractivity contribution in [3.63, 3.8) is 0 Å². The highest BCUT2D eigenvalue weighted by atomic mass is 32.1. The number of Topliss-reactive ketones (excluding diaryl/α,β-unsaturated/α-hetero) is 1. The first-order valence-electron chi connectivity index (χ1n) is 6.31. The van der Waals surface area contributed by atoms with Crippen molar-refractivity contribution < 1.29 is 4.79 Å². The molecule has 0 aromatic carbocycles. The lowest BCUT2D eigenvalue weighted by Crippen LogP contribution is -2.11. The van der Waals surface area contributed by atoms with Crippen molar-refractivity contribution >= 4 is 17.1 Å². The first kappa shape index (κ1) is 13.4. The summed E-state index contributed by atoms with van der Waals surface area (Å²) < 4.78 is 0. The van der Waals surface area contributed by atoms with E-state index >= 15 is 0 Å². The molecule has 2 heteroatoms. The molecule has 1 aromatic rings. The monoisotopic (exact) mass is 238 g/mol. The number of carbonyl (C=O) groups is 1. The molecule has 0 saturated heterocycles. The van der Waals surface area contributed by atoms with Gasteiger partial charge in [0, 0.05) is 12.8 Å². The van der Waals surface area contributed by atoms with E-state index in [0.29, 0.717) is 5.78 Å². The number of ketones is 1. The van der Waals surface area contributed by atoms with Gasteiger partial charge < -0.3 is 0 Å². The minimum absolute atomic E-state index is 0.455. The van der Waals surface area contributed by atoms with E-state index in [1.54, 1.807) is 11.3 Å². The Kier molecular flexibility index (Phi) is 7.15. The maximum Gasteiger partial charge on any atom is 0.132 e. The van der Waals surface area contributed by atoms with Crippen LogP contribution in [0.4, 0.5) is 0 Å². The summed E-state index contributed by atoms with van der Waals surface area (Å²) in [5, 5.41) is 4.08. The van der Waals surface area contributed by atoms with Crippen molar-refractivity contribution in [1.29, 1.82) is 0 Å². The zero-order valence-electron chi connectivity index (χ0n) is 10.2. The Labute approximate surface area is 103 Å². The predicted octanol–water partition coefficient (Wildman–Crippen LogP) is 4.68. The van der Waals surface area contributed by atoms with Crippen molar-refractivity contribution in [3.8, 4) is 0 Å². The lowest BCUT2D eigenvalue weighted by atomic mass is 9.85. The van der Waals surface area contributed by atoms with Gasteiger partial charge in [-0.2, -0.15) is 11.3 Å². The fourth-order valence-corrected chi connectivity index (χ4v) is 2.54. The van der Waals surface area contributed by atoms with E-state index in [4.69, 9.17) is 0 Å². The molecule has 2 rings (SSSR count). The summed E-state index contributed by atoms with van der Waals surface area (Å²) >= 11 is 1.71. The molecule has 1 heterocycles. The summed E-state index contributed by atoms with van der Waals surface area (Å²) in [5.74, 6) is 1.19. The standard InChI is InChI=1S/C10H18O.C4H4S/c1-2-10(11)8-9-6-4-3-5-7-9;1-2-4-5-3-1/h9H,2-8H2,1H3;1-4H. The summed E-state index contributed by atoms with van der Waals surface area (Å²) in [5.41, 5.74) is 0. The molecule has 1 aliphatic carbocycles. The molecule has 1 nitrogen and oxygen atoms in total. The van der Waals surface area contributed by atoms with Gasteiger partial charge in [-0.1, -0.05) is 51.2 Å². The van der Waals surface area contributed by atoms with Crippen LogP contribution in [0.25, 0.3) is 0 Å². The lowest BCUT2D eigenvalue weighted by Gasteiger charge is -2.20. The summed E-state index contributed by atoms with van der Waals surface area (Å²) in [6.45, 7) is 1.96. The van der Waals surface area contributed by atoms with Gasteiger partial charge in [0.1, 0.15) is 5.78 Å². The number of hydrogen-bond acceptors (Lipinski definition) is 2. The van der Waals surface area contributed by atoms with E-state index in [1.165, 1.54) is 32.1 Å². The second kappa shape index (κ2) is 8.51. The molecule has 90 valence electrons. The molecule has 0 spiro atoms. The molecule has 0 unspecified atom stereocenters.